The molecule has 1 saturated heterocycles. The molecule has 39 heavy (non-hydrogen) atoms. The zero-order chi connectivity index (χ0) is 28.7. The molecule has 0 bridgehead atoms. The van der Waals surface area contributed by atoms with Gasteiger partial charge in [0.05, 0.1) is 12.0 Å². The van der Waals surface area contributed by atoms with Gasteiger partial charge in [-0.3, -0.25) is 19.2 Å². The van der Waals surface area contributed by atoms with Gasteiger partial charge in [0.15, 0.2) is 0 Å². The van der Waals surface area contributed by atoms with E-state index in [1.54, 1.807) is 6.92 Å². The van der Waals surface area contributed by atoms with E-state index in [2.05, 4.69) is 16.0 Å². The van der Waals surface area contributed by atoms with Crippen LogP contribution >= 0.6 is 0 Å². The number of likely N-dealkylation sites (tertiary alicyclic amines) is 1. The van der Waals surface area contributed by atoms with Crippen molar-refractivity contribution in [1.29, 1.82) is 0 Å². The molecule has 4 amide bonds. The molecule has 1 aliphatic heterocycles. The molecule has 0 spiro atoms. The molecule has 0 saturated carbocycles. The van der Waals surface area contributed by atoms with Crippen LogP contribution in [-0.4, -0.2) is 64.8 Å². The third-order valence-electron chi connectivity index (χ3n) is 7.15. The minimum absolute atomic E-state index is 0.0254. The van der Waals surface area contributed by atoms with Crippen molar-refractivity contribution in [2.45, 2.75) is 59.2 Å². The topological polar surface area (TPSA) is 145 Å². The summed E-state index contributed by atoms with van der Waals surface area (Å²) in [5.74, 6) is -3.12. The molecule has 2 aromatic carbocycles. The normalized spacial score (nSPS) is 15.7. The third kappa shape index (κ3) is 7.78. The SMILES string of the molecule is CCC(C)C(NC(=O)C(CC(C)C)NC(=O)O)C(=O)C(=O)N1CC(C(=O)NCc2ccc3ccccc3c2)C1. The summed E-state index contributed by atoms with van der Waals surface area (Å²) in [6, 6.07) is 11.8. The Labute approximate surface area is 228 Å². The highest BCUT2D eigenvalue weighted by atomic mass is 16.4. The molecule has 3 rings (SSSR count). The van der Waals surface area contributed by atoms with Gasteiger partial charge in [-0.05, 0) is 40.7 Å². The zero-order valence-electron chi connectivity index (χ0n) is 22.9. The van der Waals surface area contributed by atoms with E-state index in [-0.39, 0.29) is 37.3 Å². The molecule has 1 aliphatic rings. The van der Waals surface area contributed by atoms with E-state index >= 15 is 0 Å². The van der Waals surface area contributed by atoms with Gasteiger partial charge in [-0.1, -0.05) is 70.5 Å². The predicted molar refractivity (Wildman–Crippen MR) is 147 cm³/mol. The van der Waals surface area contributed by atoms with Gasteiger partial charge in [-0.2, -0.15) is 0 Å². The number of rotatable bonds is 12. The van der Waals surface area contributed by atoms with Crippen LogP contribution in [0.15, 0.2) is 42.5 Å². The molecule has 1 heterocycles. The fourth-order valence-electron chi connectivity index (χ4n) is 4.59. The van der Waals surface area contributed by atoms with Crippen molar-refractivity contribution in [2.24, 2.45) is 17.8 Å². The number of amides is 4. The van der Waals surface area contributed by atoms with E-state index < -0.39 is 41.7 Å². The van der Waals surface area contributed by atoms with E-state index in [1.165, 1.54) is 4.90 Å². The average Bonchev–Trinajstić information content (AvgIpc) is 2.87. The van der Waals surface area contributed by atoms with Crippen LogP contribution in [0.1, 0.15) is 46.1 Å². The van der Waals surface area contributed by atoms with Gasteiger partial charge >= 0.3 is 6.09 Å². The van der Waals surface area contributed by atoms with Crippen LogP contribution < -0.4 is 16.0 Å². The van der Waals surface area contributed by atoms with Gasteiger partial charge in [0.25, 0.3) is 5.91 Å². The first kappa shape index (κ1) is 29.6. The van der Waals surface area contributed by atoms with Crippen LogP contribution in [0.2, 0.25) is 0 Å². The van der Waals surface area contributed by atoms with Gasteiger partial charge in [0.1, 0.15) is 6.04 Å². The number of Topliss-reactive ketones (excluding diaryl/α,β-unsaturated/α-hetero) is 1. The summed E-state index contributed by atoms with van der Waals surface area (Å²) in [7, 11) is 0. The number of benzene rings is 2. The van der Waals surface area contributed by atoms with Crippen LogP contribution in [0.3, 0.4) is 0 Å². The Morgan fingerprint density at radius 3 is 2.26 bits per heavy atom. The number of hydrogen-bond donors (Lipinski definition) is 4. The smallest absolute Gasteiger partial charge is 0.405 e. The molecular weight excluding hydrogens is 500 g/mol. The minimum atomic E-state index is -1.34. The molecule has 10 heteroatoms. The van der Waals surface area contributed by atoms with E-state index in [1.807, 2.05) is 63.2 Å². The second-order valence-electron chi connectivity index (χ2n) is 10.7. The van der Waals surface area contributed by atoms with Gasteiger partial charge in [0.2, 0.25) is 17.6 Å². The van der Waals surface area contributed by atoms with Crippen molar-refractivity contribution in [3.63, 3.8) is 0 Å². The summed E-state index contributed by atoms with van der Waals surface area (Å²) in [4.78, 5) is 64.1. The Balaban J connectivity index is 1.55. The van der Waals surface area contributed by atoms with Crippen molar-refractivity contribution < 1.29 is 29.1 Å². The molecule has 0 aliphatic carbocycles. The van der Waals surface area contributed by atoms with Crippen LogP contribution in [-0.2, 0) is 25.7 Å². The number of fused-ring (bicyclic) bond motifs is 1. The molecule has 0 aromatic heterocycles. The molecule has 10 nitrogen and oxygen atoms in total. The molecule has 3 atom stereocenters. The van der Waals surface area contributed by atoms with E-state index in [0.717, 1.165) is 16.3 Å². The van der Waals surface area contributed by atoms with E-state index in [9.17, 15) is 24.0 Å². The van der Waals surface area contributed by atoms with Crippen molar-refractivity contribution in [1.82, 2.24) is 20.9 Å². The lowest BCUT2D eigenvalue weighted by Gasteiger charge is -2.38. The number of nitrogens with zero attached hydrogens (tertiary/aromatic N) is 1. The molecular formula is C29H38N4O6. The maximum atomic E-state index is 13.1. The predicted octanol–water partition coefficient (Wildman–Crippen LogP) is 2.70. The Morgan fingerprint density at radius 2 is 1.64 bits per heavy atom. The lowest BCUT2D eigenvalue weighted by molar-refractivity contribution is -0.153. The number of ketones is 1. The second-order valence-corrected chi connectivity index (χ2v) is 10.7. The number of carbonyl (C=O) groups is 5. The fraction of sp³-hybridized carbons (Fsp3) is 0.483. The Kier molecular flexibility index (Phi) is 10.0. The van der Waals surface area contributed by atoms with Crippen LogP contribution in [0.5, 0.6) is 0 Å². The maximum absolute atomic E-state index is 13.1. The summed E-state index contributed by atoms with van der Waals surface area (Å²) in [6.45, 7) is 7.88. The highest BCUT2D eigenvalue weighted by molar-refractivity contribution is 6.38. The van der Waals surface area contributed by atoms with Crippen LogP contribution in [0, 0.1) is 17.8 Å². The highest BCUT2D eigenvalue weighted by Crippen LogP contribution is 2.20. The van der Waals surface area contributed by atoms with Crippen molar-refractivity contribution >= 4 is 40.4 Å². The Hall–Kier alpha value is -3.95. The first-order valence-corrected chi connectivity index (χ1v) is 13.4. The number of hydrogen-bond acceptors (Lipinski definition) is 5. The molecule has 3 unspecified atom stereocenters. The van der Waals surface area contributed by atoms with E-state index in [0.29, 0.717) is 13.0 Å². The molecule has 210 valence electrons. The van der Waals surface area contributed by atoms with Crippen molar-refractivity contribution in [3.8, 4) is 0 Å². The average molecular weight is 539 g/mol. The van der Waals surface area contributed by atoms with Crippen LogP contribution in [0.4, 0.5) is 4.79 Å². The number of nitrogens with one attached hydrogen (secondary N) is 3. The Morgan fingerprint density at radius 1 is 0.974 bits per heavy atom. The zero-order valence-corrected chi connectivity index (χ0v) is 22.9. The standard InChI is InChI=1S/C29H38N4O6/c1-5-18(4)24(32-27(36)23(12-17(2)3)31-29(38)39)25(34)28(37)33-15-22(16-33)26(35)30-14-19-10-11-20-8-6-7-9-21(20)13-19/h6-11,13,17-18,22-24,31H,5,12,14-16H2,1-4H3,(H,30,35)(H,32,36)(H,38,39). The first-order valence-electron chi connectivity index (χ1n) is 13.4. The van der Waals surface area contributed by atoms with Gasteiger partial charge in [-0.25, -0.2) is 4.79 Å². The maximum Gasteiger partial charge on any atom is 0.405 e. The number of carbonyl (C=O) groups excluding carboxylic acids is 4. The summed E-state index contributed by atoms with van der Waals surface area (Å²) in [6.07, 6.45) is -0.579. The molecule has 0 radical (unpaired) electrons. The quantitative estimate of drug-likeness (QED) is 0.306. The monoisotopic (exact) mass is 538 g/mol. The fourth-order valence-corrected chi connectivity index (χ4v) is 4.59. The first-order chi connectivity index (χ1) is 18.5. The molecule has 1 fully saturated rings. The van der Waals surface area contributed by atoms with Crippen LogP contribution in [0.25, 0.3) is 10.8 Å². The lowest BCUT2D eigenvalue weighted by atomic mass is 9.91. The largest absolute Gasteiger partial charge is 0.465 e. The third-order valence-corrected chi connectivity index (χ3v) is 7.15. The molecule has 2 aromatic rings. The minimum Gasteiger partial charge on any atom is -0.465 e. The van der Waals surface area contributed by atoms with E-state index in [4.69, 9.17) is 5.11 Å². The summed E-state index contributed by atoms with van der Waals surface area (Å²) in [5, 5.41) is 19.0. The van der Waals surface area contributed by atoms with Gasteiger partial charge in [0, 0.05) is 19.6 Å². The molecule has 4 N–H and O–H groups in total. The van der Waals surface area contributed by atoms with Gasteiger partial charge < -0.3 is 26.0 Å². The highest BCUT2D eigenvalue weighted by Gasteiger charge is 2.41. The van der Waals surface area contributed by atoms with Gasteiger partial charge in [-0.15, -0.1) is 0 Å². The summed E-state index contributed by atoms with van der Waals surface area (Å²) >= 11 is 0. The van der Waals surface area contributed by atoms with Crippen molar-refractivity contribution in [3.05, 3.63) is 48.0 Å². The lowest BCUT2D eigenvalue weighted by Crippen LogP contribution is -2.61. The second kappa shape index (κ2) is 13.2. The van der Waals surface area contributed by atoms with Crippen molar-refractivity contribution in [2.75, 3.05) is 13.1 Å². The number of carboxylic acid groups (broad SMARTS) is 1. The summed E-state index contributed by atoms with van der Waals surface area (Å²) < 4.78 is 0. The Bertz CT molecular complexity index is 1220. The summed E-state index contributed by atoms with van der Waals surface area (Å²) in [5.41, 5.74) is 0.963.